The minimum Gasteiger partial charge on any atom is -0.287 e. The highest BCUT2D eigenvalue weighted by atomic mass is 79.9. The van der Waals surface area contributed by atoms with E-state index in [0.29, 0.717) is 6.54 Å². The smallest absolute Gasteiger partial charge is 0.228 e. The lowest BCUT2D eigenvalue weighted by atomic mass is 10.1. The lowest BCUT2D eigenvalue weighted by Gasteiger charge is -2.02. The molecule has 2 aromatic rings. The summed E-state index contributed by atoms with van der Waals surface area (Å²) in [5.74, 6) is 0.109. The number of hydrogen-bond acceptors (Lipinski definition) is 1. The number of aryl methyl sites for hydroxylation is 2. The Balaban J connectivity index is 2.24. The summed E-state index contributed by atoms with van der Waals surface area (Å²) >= 11 is 3.41. The van der Waals surface area contributed by atoms with E-state index < -0.39 is 0 Å². The molecule has 0 saturated carbocycles. The summed E-state index contributed by atoms with van der Waals surface area (Å²) in [6, 6.07) is 9.61. The van der Waals surface area contributed by atoms with Crippen molar-refractivity contribution in [1.29, 1.82) is 0 Å². The second kappa shape index (κ2) is 5.44. The molecule has 1 heterocycles. The summed E-state index contributed by atoms with van der Waals surface area (Å²) in [7, 11) is 0. The first kappa shape index (κ1) is 13.0. The molecule has 0 aliphatic carbocycles. The molecule has 0 N–H and O–H groups in total. The molecule has 0 amide bonds. The molecule has 92 valence electrons. The second-order valence-corrected chi connectivity index (χ2v) is 5.32. The molecule has 2 rings (SSSR count). The Morgan fingerprint density at radius 2 is 1.78 bits per heavy atom. The second-order valence-electron chi connectivity index (χ2n) is 4.47. The van der Waals surface area contributed by atoms with E-state index >= 15 is 0 Å². The van der Waals surface area contributed by atoms with Gasteiger partial charge < -0.3 is 0 Å². The molecule has 0 atom stereocenters. The maximum Gasteiger partial charge on any atom is 0.228 e. The zero-order valence-electron chi connectivity index (χ0n) is 10.5. The van der Waals surface area contributed by atoms with Crippen LogP contribution in [-0.4, -0.2) is 5.78 Å². The van der Waals surface area contributed by atoms with Crippen LogP contribution < -0.4 is 4.57 Å². The van der Waals surface area contributed by atoms with Crippen LogP contribution in [0.15, 0.2) is 47.2 Å². The van der Waals surface area contributed by atoms with Crippen LogP contribution in [0.1, 0.15) is 21.5 Å². The van der Waals surface area contributed by atoms with E-state index in [1.165, 1.54) is 0 Å². The van der Waals surface area contributed by atoms with Gasteiger partial charge in [-0.1, -0.05) is 34.1 Å². The third-order valence-electron chi connectivity index (χ3n) is 2.69. The molecular formula is C15H15BrNO+. The van der Waals surface area contributed by atoms with Gasteiger partial charge in [0.1, 0.15) is 0 Å². The fraction of sp³-hybridized carbons (Fsp3) is 0.200. The number of hydrogen-bond donors (Lipinski definition) is 0. The summed E-state index contributed by atoms with van der Waals surface area (Å²) < 4.78 is 2.78. The molecule has 0 saturated heterocycles. The monoisotopic (exact) mass is 304 g/mol. The van der Waals surface area contributed by atoms with Gasteiger partial charge in [0.15, 0.2) is 12.4 Å². The Labute approximate surface area is 115 Å². The molecule has 0 fully saturated rings. The van der Waals surface area contributed by atoms with Gasteiger partial charge in [-0.05, 0) is 26.0 Å². The Morgan fingerprint density at radius 1 is 1.17 bits per heavy atom. The fourth-order valence-electron chi connectivity index (χ4n) is 2.02. The largest absolute Gasteiger partial charge is 0.287 e. The lowest BCUT2D eigenvalue weighted by molar-refractivity contribution is -0.683. The van der Waals surface area contributed by atoms with Gasteiger partial charge in [-0.15, -0.1) is 0 Å². The Bertz CT molecular complexity index is 573. The van der Waals surface area contributed by atoms with Crippen LogP contribution in [0.25, 0.3) is 0 Å². The van der Waals surface area contributed by atoms with Crippen LogP contribution in [0.2, 0.25) is 0 Å². The van der Waals surface area contributed by atoms with E-state index in [4.69, 9.17) is 0 Å². The SMILES string of the molecule is Cc1cc(C)c[n+](CC(=O)c2ccccc2Br)c1. The van der Waals surface area contributed by atoms with Crippen molar-refractivity contribution < 1.29 is 9.36 Å². The van der Waals surface area contributed by atoms with Gasteiger partial charge >= 0.3 is 0 Å². The maximum atomic E-state index is 12.2. The number of halogens is 1. The van der Waals surface area contributed by atoms with Crippen molar-refractivity contribution in [1.82, 2.24) is 0 Å². The average molecular weight is 305 g/mol. The summed E-state index contributed by atoms with van der Waals surface area (Å²) in [6.07, 6.45) is 3.98. The first-order chi connectivity index (χ1) is 8.56. The van der Waals surface area contributed by atoms with Crippen molar-refractivity contribution in [3.05, 3.63) is 63.9 Å². The number of benzene rings is 1. The minimum atomic E-state index is 0.109. The third-order valence-corrected chi connectivity index (χ3v) is 3.39. The van der Waals surface area contributed by atoms with Crippen molar-refractivity contribution >= 4 is 21.7 Å². The molecule has 0 aliphatic heterocycles. The highest BCUT2D eigenvalue weighted by molar-refractivity contribution is 9.10. The zero-order chi connectivity index (χ0) is 13.1. The molecule has 0 aliphatic rings. The molecule has 1 aromatic heterocycles. The van der Waals surface area contributed by atoms with Crippen molar-refractivity contribution in [3.8, 4) is 0 Å². The predicted molar refractivity (Wildman–Crippen MR) is 74.6 cm³/mol. The summed E-state index contributed by atoms with van der Waals surface area (Å²) in [6.45, 7) is 4.43. The lowest BCUT2D eigenvalue weighted by Crippen LogP contribution is -2.38. The van der Waals surface area contributed by atoms with Crippen LogP contribution >= 0.6 is 15.9 Å². The first-order valence-corrected chi connectivity index (χ1v) is 6.60. The molecule has 2 nitrogen and oxygen atoms in total. The molecule has 18 heavy (non-hydrogen) atoms. The normalized spacial score (nSPS) is 10.4. The van der Waals surface area contributed by atoms with Crippen LogP contribution in [-0.2, 0) is 6.54 Å². The van der Waals surface area contributed by atoms with Crippen molar-refractivity contribution in [3.63, 3.8) is 0 Å². The maximum absolute atomic E-state index is 12.2. The van der Waals surface area contributed by atoms with Crippen molar-refractivity contribution in [2.24, 2.45) is 0 Å². The molecule has 1 aromatic carbocycles. The molecule has 3 heteroatoms. The third kappa shape index (κ3) is 3.05. The standard InChI is InChI=1S/C15H15BrNO/c1-11-7-12(2)9-17(8-11)10-15(18)13-5-3-4-6-14(13)16/h3-9H,10H2,1-2H3/q+1. The molecular weight excluding hydrogens is 290 g/mol. The van der Waals surface area contributed by atoms with E-state index in [-0.39, 0.29) is 5.78 Å². The van der Waals surface area contributed by atoms with E-state index in [9.17, 15) is 4.79 Å². The van der Waals surface area contributed by atoms with Crippen molar-refractivity contribution in [2.45, 2.75) is 20.4 Å². The average Bonchev–Trinajstić information content (AvgIpc) is 2.27. The number of pyridine rings is 1. The highest BCUT2D eigenvalue weighted by Crippen LogP contribution is 2.16. The first-order valence-electron chi connectivity index (χ1n) is 5.81. The minimum absolute atomic E-state index is 0.109. The number of nitrogens with zero attached hydrogens (tertiary/aromatic N) is 1. The summed E-state index contributed by atoms with van der Waals surface area (Å²) in [4.78, 5) is 12.2. The molecule has 0 spiro atoms. The zero-order valence-corrected chi connectivity index (χ0v) is 12.1. The van der Waals surface area contributed by atoms with E-state index in [1.54, 1.807) is 0 Å². The number of carbonyl (C=O) groups excluding carboxylic acids is 1. The van der Waals surface area contributed by atoms with Gasteiger partial charge in [-0.3, -0.25) is 4.79 Å². The predicted octanol–water partition coefficient (Wildman–Crippen LogP) is 3.24. The number of Topliss-reactive ketones (excluding diaryl/α,β-unsaturated/α-hetero) is 1. The quantitative estimate of drug-likeness (QED) is 0.630. The number of ketones is 1. The van der Waals surface area contributed by atoms with Crippen molar-refractivity contribution in [2.75, 3.05) is 0 Å². The molecule has 0 bridgehead atoms. The summed E-state index contributed by atoms with van der Waals surface area (Å²) in [5.41, 5.74) is 3.05. The number of carbonyl (C=O) groups is 1. The number of rotatable bonds is 3. The topological polar surface area (TPSA) is 20.9 Å². The van der Waals surface area contributed by atoms with Crippen LogP contribution in [0.3, 0.4) is 0 Å². The van der Waals surface area contributed by atoms with Gasteiger partial charge in [0.2, 0.25) is 12.3 Å². The van der Waals surface area contributed by atoms with Gasteiger partial charge in [0, 0.05) is 21.2 Å². The van der Waals surface area contributed by atoms with Gasteiger partial charge in [0.25, 0.3) is 0 Å². The Kier molecular flexibility index (Phi) is 3.92. The summed E-state index contributed by atoms with van der Waals surface area (Å²) in [5, 5.41) is 0. The van der Waals surface area contributed by atoms with Gasteiger partial charge in [-0.2, -0.15) is 4.57 Å². The van der Waals surface area contributed by atoms with E-state index in [0.717, 1.165) is 21.2 Å². The Hall–Kier alpha value is -1.48. The Morgan fingerprint density at radius 3 is 2.39 bits per heavy atom. The van der Waals surface area contributed by atoms with E-state index in [2.05, 4.69) is 22.0 Å². The molecule has 0 unspecified atom stereocenters. The molecule has 0 radical (unpaired) electrons. The van der Waals surface area contributed by atoms with Gasteiger partial charge in [-0.25, -0.2) is 0 Å². The van der Waals surface area contributed by atoms with Crippen LogP contribution in [0, 0.1) is 13.8 Å². The van der Waals surface area contributed by atoms with E-state index in [1.807, 2.05) is 55.1 Å². The highest BCUT2D eigenvalue weighted by Gasteiger charge is 2.15. The van der Waals surface area contributed by atoms with Crippen LogP contribution in [0.5, 0.6) is 0 Å². The van der Waals surface area contributed by atoms with Crippen LogP contribution in [0.4, 0.5) is 0 Å². The fourth-order valence-corrected chi connectivity index (χ4v) is 2.53. The number of aromatic nitrogens is 1. The van der Waals surface area contributed by atoms with Gasteiger partial charge in [0.05, 0.1) is 0 Å².